The van der Waals surface area contributed by atoms with E-state index in [9.17, 15) is 31.9 Å². The van der Waals surface area contributed by atoms with Gasteiger partial charge >= 0.3 is 37.3 Å². The molecule has 9 nitrogen and oxygen atoms in total. The Kier molecular flexibility index (Phi) is 6.31. The lowest BCUT2D eigenvalue weighted by Gasteiger charge is -2.12. The summed E-state index contributed by atoms with van der Waals surface area (Å²) < 4.78 is 60.8. The van der Waals surface area contributed by atoms with Crippen LogP contribution in [0.25, 0.3) is 0 Å². The number of alkyl halides is 4. The number of hydrogen-bond acceptors (Lipinski definition) is 7. The quantitative estimate of drug-likeness (QED) is 0.454. The van der Waals surface area contributed by atoms with Gasteiger partial charge in [-0.2, -0.15) is 17.6 Å². The molecular formula is C7H6F4O9. The number of carbonyl (C=O) groups is 3. The summed E-state index contributed by atoms with van der Waals surface area (Å²) in [6, 6.07) is 0. The van der Waals surface area contributed by atoms with Crippen molar-refractivity contribution in [3.05, 3.63) is 0 Å². The molecule has 2 atom stereocenters. The summed E-state index contributed by atoms with van der Waals surface area (Å²) in [4.78, 5) is 28.9. The lowest BCUT2D eigenvalue weighted by molar-refractivity contribution is -0.230. The fourth-order valence-electron chi connectivity index (χ4n) is 0.622. The highest BCUT2D eigenvalue weighted by Gasteiger charge is 2.37. The van der Waals surface area contributed by atoms with Crippen molar-refractivity contribution in [1.29, 1.82) is 0 Å². The lowest BCUT2D eigenvalue weighted by atomic mass is 10.7. The second kappa shape index (κ2) is 7.20. The molecule has 0 aromatic carbocycles. The van der Waals surface area contributed by atoms with Crippen LogP contribution in [0, 0.1) is 0 Å². The molecule has 2 unspecified atom stereocenters. The zero-order chi connectivity index (χ0) is 15.9. The molecule has 0 bridgehead atoms. The Balaban J connectivity index is 0.000000388. The van der Waals surface area contributed by atoms with Gasteiger partial charge in [-0.15, -0.1) is 0 Å². The Morgan fingerprint density at radius 2 is 1.60 bits per heavy atom. The summed E-state index contributed by atoms with van der Waals surface area (Å²) in [5, 5.41) is 15.5. The molecule has 20 heavy (non-hydrogen) atoms. The van der Waals surface area contributed by atoms with E-state index in [4.69, 9.17) is 10.2 Å². The number of cyclic esters (lactones) is 2. The molecule has 116 valence electrons. The van der Waals surface area contributed by atoms with Crippen molar-refractivity contribution < 1.29 is 61.1 Å². The SMILES string of the molecule is O=C(O)OCC(F)(F)OC(=O)O.O=C1OC(F)C(F)O1. The maximum Gasteiger partial charge on any atom is 0.513 e. The first-order valence-corrected chi connectivity index (χ1v) is 4.34. The molecule has 2 N–H and O–H groups in total. The summed E-state index contributed by atoms with van der Waals surface area (Å²) in [7, 11) is 0. The van der Waals surface area contributed by atoms with Gasteiger partial charge in [-0.05, 0) is 0 Å². The van der Waals surface area contributed by atoms with E-state index < -0.39 is 43.9 Å². The van der Waals surface area contributed by atoms with Gasteiger partial charge < -0.3 is 29.2 Å². The molecule has 13 heteroatoms. The average molecular weight is 310 g/mol. The average Bonchev–Trinajstić information content (AvgIpc) is 2.52. The lowest BCUT2D eigenvalue weighted by Crippen LogP contribution is -2.30. The van der Waals surface area contributed by atoms with Crippen molar-refractivity contribution in [2.24, 2.45) is 0 Å². The first kappa shape index (κ1) is 17.5. The third kappa shape index (κ3) is 7.78. The van der Waals surface area contributed by atoms with Crippen LogP contribution in [0.15, 0.2) is 0 Å². The van der Waals surface area contributed by atoms with Gasteiger partial charge in [0.15, 0.2) is 6.61 Å². The third-order valence-corrected chi connectivity index (χ3v) is 1.22. The Morgan fingerprint density at radius 3 is 1.85 bits per heavy atom. The van der Waals surface area contributed by atoms with Gasteiger partial charge in [0.25, 0.3) is 0 Å². The van der Waals surface area contributed by atoms with Crippen LogP contribution in [-0.4, -0.2) is 54.1 Å². The van der Waals surface area contributed by atoms with Gasteiger partial charge in [0.1, 0.15) is 0 Å². The molecule has 0 aliphatic carbocycles. The van der Waals surface area contributed by atoms with Crippen LogP contribution in [0.2, 0.25) is 0 Å². The first-order valence-electron chi connectivity index (χ1n) is 4.34. The zero-order valence-corrected chi connectivity index (χ0v) is 9.13. The van der Waals surface area contributed by atoms with Crippen LogP contribution in [0.4, 0.5) is 31.9 Å². The van der Waals surface area contributed by atoms with Crippen LogP contribution in [-0.2, 0) is 18.9 Å². The summed E-state index contributed by atoms with van der Waals surface area (Å²) in [6.45, 7) is -1.66. The fraction of sp³-hybridized carbons (Fsp3) is 0.571. The van der Waals surface area contributed by atoms with Gasteiger partial charge in [0, 0.05) is 0 Å². The Bertz CT molecular complexity index is 361. The second-order valence-electron chi connectivity index (χ2n) is 2.75. The highest BCUT2D eigenvalue weighted by molar-refractivity contribution is 5.61. The van der Waals surface area contributed by atoms with Gasteiger partial charge in [-0.1, -0.05) is 0 Å². The maximum atomic E-state index is 12.0. The molecule has 0 aromatic rings. The number of rotatable bonds is 3. The molecule has 0 saturated carbocycles. The van der Waals surface area contributed by atoms with E-state index in [0.717, 1.165) is 0 Å². The number of halogens is 4. The predicted octanol–water partition coefficient (Wildman–Crippen LogP) is 1.71. The Labute approximate surface area is 106 Å². The smallest absolute Gasteiger partial charge is 0.450 e. The summed E-state index contributed by atoms with van der Waals surface area (Å²) >= 11 is 0. The van der Waals surface area contributed by atoms with E-state index in [-0.39, 0.29) is 0 Å². The van der Waals surface area contributed by atoms with E-state index >= 15 is 0 Å². The fourth-order valence-corrected chi connectivity index (χ4v) is 0.622. The predicted molar refractivity (Wildman–Crippen MR) is 45.4 cm³/mol. The van der Waals surface area contributed by atoms with Crippen LogP contribution < -0.4 is 0 Å². The molecule has 0 aromatic heterocycles. The van der Waals surface area contributed by atoms with Crippen LogP contribution in [0.3, 0.4) is 0 Å². The topological polar surface area (TPSA) is 129 Å². The van der Waals surface area contributed by atoms with E-state index in [1.54, 1.807) is 0 Å². The van der Waals surface area contributed by atoms with Crippen molar-refractivity contribution >= 4 is 18.5 Å². The molecule has 1 fully saturated rings. The van der Waals surface area contributed by atoms with Crippen LogP contribution in [0.1, 0.15) is 0 Å². The first-order chi connectivity index (χ1) is 9.03. The van der Waals surface area contributed by atoms with E-state index in [2.05, 4.69) is 18.9 Å². The molecule has 1 aliphatic heterocycles. The Hall–Kier alpha value is -2.47. The molecule has 0 radical (unpaired) electrons. The molecule has 1 heterocycles. The second-order valence-corrected chi connectivity index (χ2v) is 2.75. The number of carboxylic acid groups (broad SMARTS) is 2. The zero-order valence-electron chi connectivity index (χ0n) is 9.13. The van der Waals surface area contributed by atoms with Crippen molar-refractivity contribution in [1.82, 2.24) is 0 Å². The minimum absolute atomic E-state index is 1.30. The van der Waals surface area contributed by atoms with Crippen molar-refractivity contribution in [3.8, 4) is 0 Å². The number of ether oxygens (including phenoxy) is 4. The standard InChI is InChI=1S/C4H4F2O6.C3H2F2O3/c5-4(6,12-3(9)10)1-11-2(7)8;4-1-2(5)8-3(6)7-1/h1H2,(H,7,8)(H,9,10);1-2H. The van der Waals surface area contributed by atoms with Crippen molar-refractivity contribution in [2.75, 3.05) is 6.61 Å². The summed E-state index contributed by atoms with van der Waals surface area (Å²) in [6.07, 6.45) is -14.1. The molecular weight excluding hydrogens is 304 g/mol. The molecule has 1 aliphatic rings. The van der Waals surface area contributed by atoms with Gasteiger partial charge in [-0.25, -0.2) is 14.4 Å². The normalized spacial score (nSPS) is 20.9. The van der Waals surface area contributed by atoms with E-state index in [1.165, 1.54) is 0 Å². The molecule has 1 rings (SSSR count). The molecule has 0 spiro atoms. The highest BCUT2D eigenvalue weighted by atomic mass is 19.3. The minimum Gasteiger partial charge on any atom is -0.450 e. The monoisotopic (exact) mass is 310 g/mol. The minimum atomic E-state index is -4.15. The van der Waals surface area contributed by atoms with E-state index in [0.29, 0.717) is 0 Å². The maximum absolute atomic E-state index is 12.0. The van der Waals surface area contributed by atoms with Gasteiger partial charge in [0.2, 0.25) is 0 Å². The number of hydrogen-bond donors (Lipinski definition) is 2. The van der Waals surface area contributed by atoms with E-state index in [1.807, 2.05) is 0 Å². The van der Waals surface area contributed by atoms with Gasteiger partial charge in [0.05, 0.1) is 0 Å². The van der Waals surface area contributed by atoms with Crippen molar-refractivity contribution in [2.45, 2.75) is 18.8 Å². The van der Waals surface area contributed by atoms with Crippen LogP contribution in [0.5, 0.6) is 0 Å². The summed E-state index contributed by atoms with van der Waals surface area (Å²) in [5.41, 5.74) is 0. The highest BCUT2D eigenvalue weighted by Crippen LogP contribution is 2.16. The van der Waals surface area contributed by atoms with Crippen LogP contribution >= 0.6 is 0 Å². The Morgan fingerprint density at radius 1 is 1.15 bits per heavy atom. The summed E-state index contributed by atoms with van der Waals surface area (Å²) in [5.74, 6) is 0. The number of carbonyl (C=O) groups excluding carboxylic acids is 1. The third-order valence-electron chi connectivity index (χ3n) is 1.22. The molecule has 0 amide bonds. The largest absolute Gasteiger partial charge is 0.513 e. The molecule has 1 saturated heterocycles. The van der Waals surface area contributed by atoms with Crippen molar-refractivity contribution in [3.63, 3.8) is 0 Å². The van der Waals surface area contributed by atoms with Gasteiger partial charge in [-0.3, -0.25) is 0 Å².